The van der Waals surface area contributed by atoms with Crippen molar-refractivity contribution < 1.29 is 0 Å². The van der Waals surface area contributed by atoms with Crippen molar-refractivity contribution in [3.8, 4) is 0 Å². The van der Waals surface area contributed by atoms with E-state index in [0.717, 1.165) is 53.4 Å². The van der Waals surface area contributed by atoms with E-state index >= 15 is 0 Å². The normalized spacial score (nSPS) is 16.5. The Kier molecular flexibility index (Phi) is 4.27. The topological polar surface area (TPSA) is 53.9 Å². The number of likely N-dealkylation sites (tertiary alicyclic amines) is 1. The average Bonchev–Trinajstić information content (AvgIpc) is 3.31. The Hall–Kier alpha value is -2.15. The molecule has 1 fully saturated rings. The van der Waals surface area contributed by atoms with E-state index in [-0.39, 0.29) is 5.43 Å². The zero-order valence-electron chi connectivity index (χ0n) is 14.7. The number of rotatable bonds is 3. The fourth-order valence-corrected chi connectivity index (χ4v) is 5.21. The Labute approximate surface area is 165 Å². The number of aromatic amines is 1. The average molecular weight is 399 g/mol. The van der Waals surface area contributed by atoms with Crippen LogP contribution >= 0.6 is 22.9 Å². The van der Waals surface area contributed by atoms with E-state index in [2.05, 4.69) is 25.5 Å². The minimum Gasteiger partial charge on any atom is -0.346 e. The van der Waals surface area contributed by atoms with E-state index in [0.29, 0.717) is 11.4 Å². The molecule has 0 amide bonds. The summed E-state index contributed by atoms with van der Waals surface area (Å²) in [7, 11) is 0. The van der Waals surface area contributed by atoms with E-state index in [9.17, 15) is 4.79 Å². The maximum absolute atomic E-state index is 12.4. The first kappa shape index (κ1) is 17.0. The number of fused-ring (bicyclic) bond motifs is 3. The van der Waals surface area contributed by atoms with Crippen LogP contribution in [0.3, 0.4) is 0 Å². The fourth-order valence-electron chi connectivity index (χ4n) is 4.08. The highest BCUT2D eigenvalue weighted by Gasteiger charge is 2.22. The molecule has 5 nitrogen and oxygen atoms in total. The summed E-state index contributed by atoms with van der Waals surface area (Å²) in [5.74, 6) is 0. The van der Waals surface area contributed by atoms with Crippen molar-refractivity contribution in [2.24, 2.45) is 0 Å². The van der Waals surface area contributed by atoms with Gasteiger partial charge in [-0.3, -0.25) is 9.69 Å². The summed E-state index contributed by atoms with van der Waals surface area (Å²) in [5.41, 5.74) is 1.86. The van der Waals surface area contributed by atoms with Crippen molar-refractivity contribution in [3.05, 3.63) is 62.3 Å². The molecule has 27 heavy (non-hydrogen) atoms. The first-order valence-corrected chi connectivity index (χ1v) is 10.3. The van der Waals surface area contributed by atoms with Crippen molar-refractivity contribution in [2.45, 2.75) is 25.4 Å². The standard InChI is InChI=1S/C20H19ClN4OS/c21-18-2-1-14(27-18)12-24-8-4-13(5-9-24)25-10-6-17(26)16-11-23-20-15(19(16)25)3-7-22-20/h1-3,6-7,10-11,13H,4-5,8-9,12H2,(H,22,23). The van der Waals surface area contributed by atoms with Crippen LogP contribution < -0.4 is 5.43 Å². The number of nitrogens with zero attached hydrogens (tertiary/aromatic N) is 3. The summed E-state index contributed by atoms with van der Waals surface area (Å²) < 4.78 is 3.14. The van der Waals surface area contributed by atoms with Crippen LogP contribution in [-0.2, 0) is 6.54 Å². The van der Waals surface area contributed by atoms with E-state index in [1.807, 2.05) is 24.5 Å². The lowest BCUT2D eigenvalue weighted by Gasteiger charge is -2.33. The van der Waals surface area contributed by atoms with Gasteiger partial charge in [0.05, 0.1) is 15.2 Å². The Bertz CT molecular complexity index is 1170. The molecule has 1 N–H and O–H groups in total. The largest absolute Gasteiger partial charge is 0.346 e. The molecule has 138 valence electrons. The maximum Gasteiger partial charge on any atom is 0.190 e. The first-order valence-electron chi connectivity index (χ1n) is 9.12. The molecule has 4 aromatic rings. The molecule has 1 aliphatic rings. The lowest BCUT2D eigenvalue weighted by molar-refractivity contribution is 0.183. The van der Waals surface area contributed by atoms with Gasteiger partial charge in [-0.05, 0) is 31.0 Å². The highest BCUT2D eigenvalue weighted by atomic mass is 35.5. The predicted molar refractivity (Wildman–Crippen MR) is 111 cm³/mol. The molecule has 5 rings (SSSR count). The Morgan fingerprint density at radius 2 is 2.04 bits per heavy atom. The zero-order chi connectivity index (χ0) is 18.4. The Balaban J connectivity index is 1.44. The summed E-state index contributed by atoms with van der Waals surface area (Å²) in [6, 6.07) is 8.15. The van der Waals surface area contributed by atoms with Gasteiger partial charge in [0, 0.05) is 60.6 Å². The number of pyridine rings is 2. The van der Waals surface area contributed by atoms with E-state index in [4.69, 9.17) is 11.6 Å². The molecule has 0 saturated carbocycles. The van der Waals surface area contributed by atoms with Crippen LogP contribution in [-0.4, -0.2) is 32.5 Å². The van der Waals surface area contributed by atoms with Crippen LogP contribution in [0.2, 0.25) is 4.34 Å². The Morgan fingerprint density at radius 1 is 1.19 bits per heavy atom. The van der Waals surface area contributed by atoms with Crippen LogP contribution in [0, 0.1) is 0 Å². The lowest BCUT2D eigenvalue weighted by atomic mass is 10.0. The molecule has 0 aliphatic carbocycles. The molecule has 0 bridgehead atoms. The number of piperidine rings is 1. The molecule has 0 unspecified atom stereocenters. The van der Waals surface area contributed by atoms with E-state index < -0.39 is 0 Å². The second kappa shape index (κ2) is 6.78. The van der Waals surface area contributed by atoms with Gasteiger partial charge in [0.25, 0.3) is 0 Å². The predicted octanol–water partition coefficient (Wildman–Crippen LogP) is 4.43. The van der Waals surface area contributed by atoms with Crippen molar-refractivity contribution >= 4 is 44.9 Å². The quantitative estimate of drug-likeness (QED) is 0.555. The molecule has 4 aromatic heterocycles. The third kappa shape index (κ3) is 3.08. The molecule has 5 heterocycles. The molecular weight excluding hydrogens is 380 g/mol. The van der Waals surface area contributed by atoms with Crippen LogP contribution in [0.1, 0.15) is 23.8 Å². The number of halogens is 1. The number of H-pyrrole nitrogens is 1. The third-order valence-electron chi connectivity index (χ3n) is 5.43. The smallest absolute Gasteiger partial charge is 0.190 e. The van der Waals surface area contributed by atoms with E-state index in [1.165, 1.54) is 4.88 Å². The van der Waals surface area contributed by atoms with Gasteiger partial charge in [0.2, 0.25) is 0 Å². The molecule has 0 spiro atoms. The van der Waals surface area contributed by atoms with Gasteiger partial charge < -0.3 is 9.55 Å². The monoisotopic (exact) mass is 398 g/mol. The number of nitrogens with one attached hydrogen (secondary N) is 1. The number of hydrogen-bond donors (Lipinski definition) is 1. The minimum atomic E-state index is 0.0314. The number of thiophene rings is 1. The third-order valence-corrected chi connectivity index (χ3v) is 6.64. The van der Waals surface area contributed by atoms with Crippen LogP contribution in [0.25, 0.3) is 21.9 Å². The van der Waals surface area contributed by atoms with Crippen LogP contribution in [0.15, 0.2) is 47.7 Å². The fraction of sp³-hybridized carbons (Fsp3) is 0.300. The van der Waals surface area contributed by atoms with E-state index in [1.54, 1.807) is 23.6 Å². The summed E-state index contributed by atoms with van der Waals surface area (Å²) >= 11 is 7.71. The van der Waals surface area contributed by atoms with Crippen molar-refractivity contribution in [1.29, 1.82) is 0 Å². The molecule has 0 atom stereocenters. The Morgan fingerprint density at radius 3 is 2.81 bits per heavy atom. The SMILES string of the molecule is O=c1ccn(C2CCN(Cc3ccc(Cl)s3)CC2)c2c1cnc1[nH]ccc12. The molecule has 1 saturated heterocycles. The van der Waals surface area contributed by atoms with Crippen molar-refractivity contribution in [1.82, 2.24) is 19.4 Å². The van der Waals surface area contributed by atoms with Gasteiger partial charge in [-0.2, -0.15) is 0 Å². The lowest BCUT2D eigenvalue weighted by Crippen LogP contribution is -2.34. The first-order chi connectivity index (χ1) is 13.2. The highest BCUT2D eigenvalue weighted by Crippen LogP contribution is 2.30. The van der Waals surface area contributed by atoms with Gasteiger partial charge in [-0.15, -0.1) is 11.3 Å². The van der Waals surface area contributed by atoms with Crippen molar-refractivity contribution in [3.63, 3.8) is 0 Å². The molecule has 0 radical (unpaired) electrons. The minimum absolute atomic E-state index is 0.0314. The summed E-state index contributed by atoms with van der Waals surface area (Å²) in [5, 5.41) is 1.71. The number of aromatic nitrogens is 3. The molecular formula is C20H19ClN4OS. The van der Waals surface area contributed by atoms with Crippen LogP contribution in [0.5, 0.6) is 0 Å². The summed E-state index contributed by atoms with van der Waals surface area (Å²) in [4.78, 5) is 23.7. The molecule has 1 aliphatic heterocycles. The van der Waals surface area contributed by atoms with Crippen molar-refractivity contribution in [2.75, 3.05) is 13.1 Å². The van der Waals surface area contributed by atoms with Gasteiger partial charge in [0.15, 0.2) is 5.43 Å². The van der Waals surface area contributed by atoms with Gasteiger partial charge in [0.1, 0.15) is 5.65 Å². The second-order valence-electron chi connectivity index (χ2n) is 7.06. The molecule has 7 heteroatoms. The summed E-state index contributed by atoms with van der Waals surface area (Å²) in [6.45, 7) is 3.03. The van der Waals surface area contributed by atoms with Gasteiger partial charge in [-0.25, -0.2) is 4.98 Å². The zero-order valence-corrected chi connectivity index (χ0v) is 16.3. The van der Waals surface area contributed by atoms with Crippen LogP contribution in [0.4, 0.5) is 0 Å². The van der Waals surface area contributed by atoms with Gasteiger partial charge >= 0.3 is 0 Å². The second-order valence-corrected chi connectivity index (χ2v) is 8.86. The molecule has 0 aromatic carbocycles. The van der Waals surface area contributed by atoms with Gasteiger partial charge in [-0.1, -0.05) is 11.6 Å². The number of hydrogen-bond acceptors (Lipinski definition) is 4. The highest BCUT2D eigenvalue weighted by molar-refractivity contribution is 7.16. The maximum atomic E-state index is 12.4. The summed E-state index contributed by atoms with van der Waals surface area (Å²) in [6.07, 6.45) is 7.66.